The van der Waals surface area contributed by atoms with E-state index in [2.05, 4.69) is 59.7 Å². The fraction of sp³-hybridized carbons (Fsp3) is 0.304. The van der Waals surface area contributed by atoms with Gasteiger partial charge >= 0.3 is 0 Å². The lowest BCUT2D eigenvalue weighted by Crippen LogP contribution is -2.51. The molecule has 32 heavy (non-hydrogen) atoms. The Morgan fingerprint density at radius 1 is 1.03 bits per heavy atom. The minimum Gasteiger partial charge on any atom is -0.467 e. The number of nitrogens with zero attached hydrogens (tertiary/aromatic N) is 5. The van der Waals surface area contributed by atoms with Crippen LogP contribution in [-0.4, -0.2) is 52.1 Å². The third-order valence-corrected chi connectivity index (χ3v) is 5.34. The first-order valence-electron chi connectivity index (χ1n) is 10.6. The number of rotatable bonds is 4. The standard InChI is InChI=1S/C23H27N7OS/c1-17-15-18(2)26-21(25-17)27-22(28-23(32)24-16-20-9-6-14-31-20)30-12-10-29(11-13-30)19-7-4-3-5-8-19/h3-9,14-15H,10-13,16H2,1-2H3,(H2,24,25,26,27,28,32). The summed E-state index contributed by atoms with van der Waals surface area (Å²) in [5, 5.41) is 6.80. The van der Waals surface area contributed by atoms with Crippen LogP contribution >= 0.6 is 12.2 Å². The number of aromatic nitrogens is 2. The molecular formula is C23H27N7OS. The van der Waals surface area contributed by atoms with Crippen LogP contribution in [0.3, 0.4) is 0 Å². The van der Waals surface area contributed by atoms with E-state index in [0.29, 0.717) is 23.6 Å². The molecule has 0 radical (unpaired) electrons. The second kappa shape index (κ2) is 10.2. The van der Waals surface area contributed by atoms with Crippen LogP contribution < -0.4 is 15.5 Å². The van der Waals surface area contributed by atoms with E-state index in [9.17, 15) is 0 Å². The molecule has 3 aromatic rings. The molecule has 4 rings (SSSR count). The predicted molar refractivity (Wildman–Crippen MR) is 131 cm³/mol. The van der Waals surface area contributed by atoms with Crippen LogP contribution in [0.1, 0.15) is 17.1 Å². The van der Waals surface area contributed by atoms with Crippen molar-refractivity contribution in [2.24, 2.45) is 4.99 Å². The Morgan fingerprint density at radius 2 is 1.75 bits per heavy atom. The number of aryl methyl sites for hydroxylation is 2. The highest BCUT2D eigenvalue weighted by molar-refractivity contribution is 7.80. The van der Waals surface area contributed by atoms with E-state index in [0.717, 1.165) is 43.3 Å². The van der Waals surface area contributed by atoms with Gasteiger partial charge in [-0.2, -0.15) is 4.99 Å². The van der Waals surface area contributed by atoms with Gasteiger partial charge in [-0.15, -0.1) is 0 Å². The monoisotopic (exact) mass is 449 g/mol. The van der Waals surface area contributed by atoms with Crippen LogP contribution in [0.5, 0.6) is 0 Å². The topological polar surface area (TPSA) is 81.8 Å². The van der Waals surface area contributed by atoms with Crippen LogP contribution in [0.2, 0.25) is 0 Å². The highest BCUT2D eigenvalue weighted by Gasteiger charge is 2.21. The number of thiocarbonyl (C=S) groups is 1. The first-order chi connectivity index (χ1) is 15.6. The molecule has 1 saturated heterocycles. The van der Waals surface area contributed by atoms with E-state index in [1.807, 2.05) is 38.1 Å². The van der Waals surface area contributed by atoms with Crippen molar-refractivity contribution in [3.63, 3.8) is 0 Å². The maximum Gasteiger partial charge on any atom is 0.229 e. The number of para-hydroxylation sites is 1. The molecule has 9 heteroatoms. The Balaban J connectivity index is 1.48. The molecule has 166 valence electrons. The molecule has 3 heterocycles. The number of hydrogen-bond donors (Lipinski definition) is 2. The maximum atomic E-state index is 5.48. The summed E-state index contributed by atoms with van der Waals surface area (Å²) in [5.74, 6) is 1.95. The number of hydrogen-bond acceptors (Lipinski definition) is 5. The lowest BCUT2D eigenvalue weighted by Gasteiger charge is -2.37. The van der Waals surface area contributed by atoms with Gasteiger partial charge in [-0.1, -0.05) is 18.2 Å². The van der Waals surface area contributed by atoms with E-state index < -0.39 is 0 Å². The highest BCUT2D eigenvalue weighted by Crippen LogP contribution is 2.16. The van der Waals surface area contributed by atoms with Crippen LogP contribution in [-0.2, 0) is 6.54 Å². The first-order valence-corrected chi connectivity index (χ1v) is 11.0. The van der Waals surface area contributed by atoms with Crippen molar-refractivity contribution in [3.05, 3.63) is 71.9 Å². The number of nitrogens with one attached hydrogen (secondary N) is 2. The van der Waals surface area contributed by atoms with E-state index >= 15 is 0 Å². The Hall–Kier alpha value is -3.46. The third-order valence-electron chi connectivity index (χ3n) is 5.11. The Bertz CT molecular complexity index is 1040. The van der Waals surface area contributed by atoms with Crippen LogP contribution in [0.15, 0.2) is 64.2 Å². The van der Waals surface area contributed by atoms with Gasteiger partial charge in [0.25, 0.3) is 0 Å². The fourth-order valence-corrected chi connectivity index (χ4v) is 3.75. The fourth-order valence-electron chi connectivity index (χ4n) is 3.59. The van der Waals surface area contributed by atoms with Gasteiger partial charge < -0.3 is 19.5 Å². The first kappa shape index (κ1) is 21.8. The summed E-state index contributed by atoms with van der Waals surface area (Å²) in [4.78, 5) is 18.2. The molecule has 0 spiro atoms. The molecule has 0 unspecified atom stereocenters. The predicted octanol–water partition coefficient (Wildman–Crippen LogP) is 3.35. The van der Waals surface area contributed by atoms with Gasteiger partial charge in [-0.05, 0) is 56.4 Å². The normalized spacial score (nSPS) is 14.4. The zero-order valence-corrected chi connectivity index (χ0v) is 19.1. The van der Waals surface area contributed by atoms with E-state index in [-0.39, 0.29) is 0 Å². The van der Waals surface area contributed by atoms with Crippen molar-refractivity contribution >= 4 is 34.9 Å². The number of benzene rings is 1. The summed E-state index contributed by atoms with van der Waals surface area (Å²) in [6.45, 7) is 7.73. The average Bonchev–Trinajstić information content (AvgIpc) is 3.31. The van der Waals surface area contributed by atoms with Gasteiger partial charge in [0.05, 0.1) is 12.8 Å². The molecule has 8 nitrogen and oxygen atoms in total. The molecule has 0 bridgehead atoms. The largest absolute Gasteiger partial charge is 0.467 e. The molecule has 0 aliphatic carbocycles. The Morgan fingerprint density at radius 3 is 2.41 bits per heavy atom. The van der Waals surface area contributed by atoms with Crippen LogP contribution in [0.4, 0.5) is 11.6 Å². The zero-order valence-electron chi connectivity index (χ0n) is 18.3. The second-order valence-electron chi connectivity index (χ2n) is 7.58. The minimum absolute atomic E-state index is 0.374. The zero-order chi connectivity index (χ0) is 22.3. The molecule has 0 saturated carbocycles. The highest BCUT2D eigenvalue weighted by atomic mass is 32.1. The van der Waals surface area contributed by atoms with Crippen molar-refractivity contribution < 1.29 is 4.42 Å². The van der Waals surface area contributed by atoms with Crippen LogP contribution in [0.25, 0.3) is 0 Å². The summed E-state index contributed by atoms with van der Waals surface area (Å²) >= 11 is 5.48. The lowest BCUT2D eigenvalue weighted by molar-refractivity contribution is 0.385. The van der Waals surface area contributed by atoms with Gasteiger partial charge in [0.2, 0.25) is 11.9 Å². The van der Waals surface area contributed by atoms with Gasteiger partial charge in [-0.25, -0.2) is 9.97 Å². The van der Waals surface area contributed by atoms with Crippen molar-refractivity contribution in [1.82, 2.24) is 20.2 Å². The summed E-state index contributed by atoms with van der Waals surface area (Å²) in [6, 6.07) is 16.1. The number of guanidine groups is 1. The quantitative estimate of drug-likeness (QED) is 0.357. The minimum atomic E-state index is 0.374. The Labute approximate surface area is 193 Å². The molecule has 0 amide bonds. The molecule has 0 atom stereocenters. The summed E-state index contributed by atoms with van der Waals surface area (Å²) in [6.07, 6.45) is 1.64. The molecular weight excluding hydrogens is 422 g/mol. The van der Waals surface area contributed by atoms with Crippen molar-refractivity contribution in [2.45, 2.75) is 20.4 Å². The number of aliphatic imine (C=N–C) groups is 1. The smallest absolute Gasteiger partial charge is 0.229 e. The maximum absolute atomic E-state index is 5.48. The molecule has 1 fully saturated rings. The van der Waals surface area contributed by atoms with Crippen molar-refractivity contribution in [2.75, 3.05) is 36.4 Å². The molecule has 1 aromatic carbocycles. The van der Waals surface area contributed by atoms with E-state index in [4.69, 9.17) is 16.6 Å². The van der Waals surface area contributed by atoms with Crippen molar-refractivity contribution in [3.8, 4) is 0 Å². The number of piperazine rings is 1. The lowest BCUT2D eigenvalue weighted by atomic mass is 10.2. The van der Waals surface area contributed by atoms with E-state index in [1.165, 1.54) is 5.69 Å². The van der Waals surface area contributed by atoms with Gasteiger partial charge in [0, 0.05) is 43.3 Å². The van der Waals surface area contributed by atoms with Crippen LogP contribution in [0, 0.1) is 13.8 Å². The van der Waals surface area contributed by atoms with Gasteiger partial charge in [-0.3, -0.25) is 5.32 Å². The third kappa shape index (κ3) is 5.82. The second-order valence-corrected chi connectivity index (χ2v) is 7.97. The summed E-state index contributed by atoms with van der Waals surface area (Å²) in [5.41, 5.74) is 3.02. The molecule has 1 aliphatic rings. The molecule has 1 aliphatic heterocycles. The summed E-state index contributed by atoms with van der Waals surface area (Å²) in [7, 11) is 0. The molecule has 2 N–H and O–H groups in total. The van der Waals surface area contributed by atoms with E-state index in [1.54, 1.807) is 6.26 Å². The number of furan rings is 1. The SMILES string of the molecule is Cc1cc(C)nc(N/C(=N/C(=S)NCc2ccco2)N2CCN(c3ccccc3)CC2)n1. The van der Waals surface area contributed by atoms with Gasteiger partial charge in [0.15, 0.2) is 5.11 Å². The van der Waals surface area contributed by atoms with Gasteiger partial charge in [0.1, 0.15) is 5.76 Å². The number of anilines is 2. The van der Waals surface area contributed by atoms with Crippen molar-refractivity contribution in [1.29, 1.82) is 0 Å². The Kier molecular flexibility index (Phi) is 6.96. The average molecular weight is 450 g/mol. The summed E-state index contributed by atoms with van der Waals surface area (Å²) < 4.78 is 5.36. The molecule has 2 aromatic heterocycles.